The molecule has 0 fully saturated rings. The molecular formula is C23H23NO7S. The predicted molar refractivity (Wildman–Crippen MR) is 118 cm³/mol. The molecule has 1 aromatic heterocycles. The highest BCUT2D eigenvalue weighted by molar-refractivity contribution is 7.14. The van der Waals surface area contributed by atoms with Gasteiger partial charge in [-0.25, -0.2) is 9.59 Å². The van der Waals surface area contributed by atoms with E-state index in [0.717, 1.165) is 11.3 Å². The van der Waals surface area contributed by atoms with Gasteiger partial charge in [0.2, 0.25) is 0 Å². The number of esters is 2. The molecule has 2 aromatic rings. The molecular weight excluding hydrogens is 434 g/mol. The van der Waals surface area contributed by atoms with Crippen LogP contribution in [0.4, 0.5) is 0 Å². The van der Waals surface area contributed by atoms with E-state index < -0.39 is 17.7 Å². The molecule has 32 heavy (non-hydrogen) atoms. The number of carbonyl (C=O) groups excluding carboxylic acids is 3. The molecule has 0 aliphatic carbocycles. The van der Waals surface area contributed by atoms with Gasteiger partial charge in [0, 0.05) is 11.3 Å². The number of nitrogens with zero attached hydrogens (tertiary/aromatic N) is 1. The lowest BCUT2D eigenvalue weighted by Crippen LogP contribution is -2.12. The summed E-state index contributed by atoms with van der Waals surface area (Å²) >= 11 is 0.969. The zero-order valence-corrected chi connectivity index (χ0v) is 19.0. The third kappa shape index (κ3) is 5.53. The summed E-state index contributed by atoms with van der Waals surface area (Å²) < 4.78 is 15.1. The number of phenols is 1. The van der Waals surface area contributed by atoms with Crippen molar-refractivity contribution < 1.29 is 33.7 Å². The standard InChI is InChI=1S/C23H23NO7S/c1-5-30-22(27)20-13(3)21(23(28)31-6-2)32-19(20)11-16(25)15(12-24)9-14-7-8-18(29-4)17(26)10-14/h7-10,26H,5-6,11H2,1-4H3/b15-9+. The third-order valence-electron chi connectivity index (χ3n) is 4.42. The van der Waals surface area contributed by atoms with Crippen LogP contribution in [0.2, 0.25) is 0 Å². The minimum Gasteiger partial charge on any atom is -0.504 e. The van der Waals surface area contributed by atoms with Gasteiger partial charge in [-0.05, 0) is 50.1 Å². The largest absolute Gasteiger partial charge is 0.504 e. The first-order valence-electron chi connectivity index (χ1n) is 9.75. The fourth-order valence-corrected chi connectivity index (χ4v) is 4.12. The molecule has 8 nitrogen and oxygen atoms in total. The van der Waals surface area contributed by atoms with E-state index in [4.69, 9.17) is 14.2 Å². The van der Waals surface area contributed by atoms with Crippen LogP contribution in [0, 0.1) is 18.3 Å². The molecule has 1 aromatic carbocycles. The number of carbonyl (C=O) groups is 3. The van der Waals surface area contributed by atoms with E-state index in [0.29, 0.717) is 16.0 Å². The van der Waals surface area contributed by atoms with Crippen molar-refractivity contribution in [3.8, 4) is 17.6 Å². The highest BCUT2D eigenvalue weighted by Gasteiger charge is 2.28. The molecule has 0 amide bonds. The molecule has 1 heterocycles. The van der Waals surface area contributed by atoms with Crippen molar-refractivity contribution in [1.82, 2.24) is 0 Å². The molecule has 0 saturated heterocycles. The average molecular weight is 458 g/mol. The summed E-state index contributed by atoms with van der Waals surface area (Å²) in [5.74, 6) is -1.67. The van der Waals surface area contributed by atoms with Gasteiger partial charge in [0.25, 0.3) is 0 Å². The molecule has 0 aliphatic rings. The Kier molecular flexibility index (Phi) is 8.55. The third-order valence-corrected chi connectivity index (χ3v) is 5.69. The number of hydrogen-bond acceptors (Lipinski definition) is 9. The number of ketones is 1. The fourth-order valence-electron chi connectivity index (χ4n) is 2.94. The quantitative estimate of drug-likeness (QED) is 0.342. The maximum absolute atomic E-state index is 12.9. The molecule has 0 unspecified atom stereocenters. The van der Waals surface area contributed by atoms with Crippen LogP contribution in [-0.4, -0.2) is 43.2 Å². The summed E-state index contributed by atoms with van der Waals surface area (Å²) in [5, 5.41) is 19.4. The van der Waals surface area contributed by atoms with Crippen LogP contribution in [0.3, 0.4) is 0 Å². The molecule has 0 radical (unpaired) electrons. The summed E-state index contributed by atoms with van der Waals surface area (Å²) in [4.78, 5) is 38.1. The topological polar surface area (TPSA) is 123 Å². The summed E-state index contributed by atoms with van der Waals surface area (Å²) in [6.45, 7) is 5.19. The number of phenolic OH excluding ortho intramolecular Hbond substituents is 1. The second kappa shape index (κ2) is 11.1. The number of benzene rings is 1. The molecule has 0 spiro atoms. The molecule has 0 atom stereocenters. The lowest BCUT2D eigenvalue weighted by atomic mass is 10.0. The Labute approximate surface area is 189 Å². The Morgan fingerprint density at radius 1 is 1.16 bits per heavy atom. The summed E-state index contributed by atoms with van der Waals surface area (Å²) in [6, 6.07) is 6.31. The Balaban J connectivity index is 2.42. The number of nitriles is 1. The minimum atomic E-state index is -0.651. The lowest BCUT2D eigenvalue weighted by Gasteiger charge is -2.06. The molecule has 2 rings (SSSR count). The van der Waals surface area contributed by atoms with Gasteiger partial charge in [0.1, 0.15) is 10.9 Å². The number of thiophene rings is 1. The minimum absolute atomic E-state index is 0.126. The van der Waals surface area contributed by atoms with Gasteiger partial charge in [-0.1, -0.05) is 6.07 Å². The van der Waals surface area contributed by atoms with Crippen LogP contribution in [0.25, 0.3) is 6.08 Å². The normalized spacial score (nSPS) is 10.9. The van der Waals surface area contributed by atoms with Crippen molar-refractivity contribution in [3.63, 3.8) is 0 Å². The molecule has 168 valence electrons. The van der Waals surface area contributed by atoms with Crippen LogP contribution in [-0.2, 0) is 20.7 Å². The maximum Gasteiger partial charge on any atom is 0.348 e. The van der Waals surface area contributed by atoms with E-state index >= 15 is 0 Å². The molecule has 0 aliphatic heterocycles. The number of allylic oxidation sites excluding steroid dienone is 1. The van der Waals surface area contributed by atoms with Crippen molar-refractivity contribution in [3.05, 3.63) is 50.2 Å². The van der Waals surface area contributed by atoms with Gasteiger partial charge in [0.05, 0.1) is 31.5 Å². The van der Waals surface area contributed by atoms with Gasteiger partial charge < -0.3 is 19.3 Å². The van der Waals surface area contributed by atoms with Gasteiger partial charge in [-0.3, -0.25) is 4.79 Å². The molecule has 0 saturated carbocycles. The van der Waals surface area contributed by atoms with E-state index in [1.165, 1.54) is 25.3 Å². The highest BCUT2D eigenvalue weighted by Crippen LogP contribution is 2.31. The zero-order chi connectivity index (χ0) is 23.8. The van der Waals surface area contributed by atoms with Gasteiger partial charge in [0.15, 0.2) is 17.3 Å². The number of methoxy groups -OCH3 is 1. The SMILES string of the molecule is CCOC(=O)c1sc(CC(=O)/C(C#N)=C/c2ccc(OC)c(O)c2)c(C(=O)OCC)c1C. The van der Waals surface area contributed by atoms with Crippen molar-refractivity contribution in [2.24, 2.45) is 0 Å². The van der Waals surface area contributed by atoms with Crippen LogP contribution in [0.15, 0.2) is 23.8 Å². The van der Waals surface area contributed by atoms with E-state index in [9.17, 15) is 24.8 Å². The number of hydrogen-bond donors (Lipinski definition) is 1. The number of ether oxygens (including phenoxy) is 3. The Morgan fingerprint density at radius 2 is 1.81 bits per heavy atom. The molecule has 9 heteroatoms. The van der Waals surface area contributed by atoms with Crippen molar-refractivity contribution in [2.75, 3.05) is 20.3 Å². The number of Topliss-reactive ketones (excluding diaryl/α,β-unsaturated/α-hetero) is 1. The Bertz CT molecular complexity index is 1110. The second-order valence-corrected chi connectivity index (χ2v) is 7.60. The Hall–Kier alpha value is -3.64. The van der Waals surface area contributed by atoms with Crippen molar-refractivity contribution >= 4 is 35.1 Å². The fraction of sp³-hybridized carbons (Fsp3) is 0.304. The van der Waals surface area contributed by atoms with Crippen molar-refractivity contribution in [1.29, 1.82) is 5.26 Å². The molecule has 1 N–H and O–H groups in total. The van der Waals surface area contributed by atoms with Gasteiger partial charge in [-0.2, -0.15) is 5.26 Å². The van der Waals surface area contributed by atoms with Crippen LogP contribution >= 0.6 is 11.3 Å². The maximum atomic E-state index is 12.9. The van der Waals surface area contributed by atoms with Crippen LogP contribution < -0.4 is 4.74 Å². The number of rotatable bonds is 9. The van der Waals surface area contributed by atoms with Gasteiger partial charge in [-0.15, -0.1) is 11.3 Å². The summed E-state index contributed by atoms with van der Waals surface area (Å²) in [6.07, 6.45) is 1.05. The first-order chi connectivity index (χ1) is 15.3. The smallest absolute Gasteiger partial charge is 0.348 e. The highest BCUT2D eigenvalue weighted by atomic mass is 32.1. The summed E-state index contributed by atoms with van der Waals surface area (Å²) in [5.41, 5.74) is 0.756. The predicted octanol–water partition coefficient (Wildman–Crippen LogP) is 3.84. The van der Waals surface area contributed by atoms with E-state index in [2.05, 4.69) is 0 Å². The number of aromatic hydroxyl groups is 1. The van der Waals surface area contributed by atoms with E-state index in [-0.39, 0.29) is 47.1 Å². The zero-order valence-electron chi connectivity index (χ0n) is 18.2. The summed E-state index contributed by atoms with van der Waals surface area (Å²) in [7, 11) is 1.41. The Morgan fingerprint density at radius 3 is 2.38 bits per heavy atom. The van der Waals surface area contributed by atoms with Crippen LogP contribution in [0.1, 0.15) is 49.9 Å². The average Bonchev–Trinajstić information content (AvgIpc) is 3.08. The second-order valence-electron chi connectivity index (χ2n) is 6.50. The van der Waals surface area contributed by atoms with Crippen molar-refractivity contribution in [2.45, 2.75) is 27.2 Å². The first-order valence-corrected chi connectivity index (χ1v) is 10.6. The van der Waals surface area contributed by atoms with E-state index in [1.807, 2.05) is 6.07 Å². The molecule has 0 bridgehead atoms. The lowest BCUT2D eigenvalue weighted by molar-refractivity contribution is -0.114. The monoisotopic (exact) mass is 457 g/mol. The van der Waals surface area contributed by atoms with E-state index in [1.54, 1.807) is 26.8 Å². The first kappa shape index (κ1) is 24.6. The van der Waals surface area contributed by atoms with Crippen LogP contribution in [0.5, 0.6) is 11.5 Å². The van der Waals surface area contributed by atoms with Gasteiger partial charge >= 0.3 is 11.9 Å².